The number of anilines is 1. The number of esters is 1. The molecule has 0 atom stereocenters. The molecule has 0 unspecified atom stereocenters. The minimum absolute atomic E-state index is 0.128. The van der Waals surface area contributed by atoms with Gasteiger partial charge >= 0.3 is 5.97 Å². The van der Waals surface area contributed by atoms with E-state index in [0.717, 1.165) is 0 Å². The molecule has 5 nitrogen and oxygen atoms in total. The maximum atomic E-state index is 13.4. The second-order valence-electron chi connectivity index (χ2n) is 4.02. The van der Waals surface area contributed by atoms with E-state index in [4.69, 9.17) is 4.74 Å². The van der Waals surface area contributed by atoms with Gasteiger partial charge in [0.2, 0.25) is 5.13 Å². The normalized spacial score (nSPS) is 10.8. The average Bonchev–Trinajstić information content (AvgIpc) is 2.88. The molecule has 2 rings (SSSR count). The van der Waals surface area contributed by atoms with Gasteiger partial charge in [0.15, 0.2) is 0 Å². The number of rotatable bonds is 6. The van der Waals surface area contributed by atoms with Gasteiger partial charge in [-0.3, -0.25) is 10.2 Å². The first kappa shape index (κ1) is 15.1. The average molecular weight is 307 g/mol. The Hall–Kier alpha value is -2.28. The number of nitrogens with one attached hydrogen (secondary N) is 1. The minimum atomic E-state index is -0.342. The van der Waals surface area contributed by atoms with Gasteiger partial charge in [-0.25, -0.2) is 9.37 Å². The Bertz CT molecular complexity index is 643. The van der Waals surface area contributed by atoms with Crippen LogP contribution in [0.5, 0.6) is 0 Å². The van der Waals surface area contributed by atoms with E-state index in [0.29, 0.717) is 23.0 Å². The molecule has 0 aliphatic rings. The molecule has 0 radical (unpaired) electrons. The van der Waals surface area contributed by atoms with Crippen molar-refractivity contribution in [3.63, 3.8) is 0 Å². The van der Waals surface area contributed by atoms with Gasteiger partial charge < -0.3 is 4.74 Å². The quantitative estimate of drug-likeness (QED) is 0.506. The fourth-order valence-electron chi connectivity index (χ4n) is 1.54. The Morgan fingerprint density at radius 2 is 2.33 bits per heavy atom. The summed E-state index contributed by atoms with van der Waals surface area (Å²) >= 11 is 1.31. The predicted octanol–water partition coefficient (Wildman–Crippen LogP) is 2.83. The number of hydrogen-bond acceptors (Lipinski definition) is 6. The number of hydrogen-bond donors (Lipinski definition) is 1. The van der Waals surface area contributed by atoms with E-state index in [9.17, 15) is 9.18 Å². The van der Waals surface area contributed by atoms with Crippen molar-refractivity contribution < 1.29 is 13.9 Å². The number of hydrazone groups is 1. The summed E-state index contributed by atoms with van der Waals surface area (Å²) in [6, 6.07) is 6.32. The zero-order chi connectivity index (χ0) is 15.1. The van der Waals surface area contributed by atoms with Crippen LogP contribution in [0.2, 0.25) is 0 Å². The minimum Gasteiger partial charge on any atom is -0.466 e. The first-order chi connectivity index (χ1) is 10.2. The van der Waals surface area contributed by atoms with E-state index in [1.54, 1.807) is 30.5 Å². The highest BCUT2D eigenvalue weighted by atomic mass is 32.1. The second-order valence-corrected chi connectivity index (χ2v) is 4.88. The van der Waals surface area contributed by atoms with E-state index in [2.05, 4.69) is 15.5 Å². The summed E-state index contributed by atoms with van der Waals surface area (Å²) in [7, 11) is 0. The van der Waals surface area contributed by atoms with Gasteiger partial charge in [-0.2, -0.15) is 5.10 Å². The number of thiazole rings is 1. The van der Waals surface area contributed by atoms with Crippen molar-refractivity contribution in [1.29, 1.82) is 0 Å². The van der Waals surface area contributed by atoms with Crippen LogP contribution in [0.1, 0.15) is 18.2 Å². The molecule has 0 saturated carbocycles. The number of carbonyl (C=O) groups excluding carboxylic acids is 1. The topological polar surface area (TPSA) is 63.6 Å². The molecule has 1 heterocycles. The molecule has 2 aromatic rings. The number of aromatic nitrogens is 1. The highest BCUT2D eigenvalue weighted by molar-refractivity contribution is 7.13. The third-order valence-corrected chi connectivity index (χ3v) is 3.25. The monoisotopic (exact) mass is 307 g/mol. The van der Waals surface area contributed by atoms with Crippen LogP contribution < -0.4 is 5.43 Å². The maximum absolute atomic E-state index is 13.4. The summed E-state index contributed by atoms with van der Waals surface area (Å²) in [6.07, 6.45) is 1.50. The number of nitrogens with zero attached hydrogens (tertiary/aromatic N) is 2. The Labute approximate surface area is 125 Å². The molecule has 110 valence electrons. The Kier molecular flexibility index (Phi) is 5.39. The van der Waals surface area contributed by atoms with Gasteiger partial charge in [0.25, 0.3) is 0 Å². The van der Waals surface area contributed by atoms with E-state index in [-0.39, 0.29) is 18.2 Å². The molecule has 0 fully saturated rings. The summed E-state index contributed by atoms with van der Waals surface area (Å²) in [5.74, 6) is -0.658. The number of carbonyl (C=O) groups is 1. The van der Waals surface area contributed by atoms with Crippen molar-refractivity contribution in [1.82, 2.24) is 4.98 Å². The SMILES string of the molecule is CCOC(=O)Cc1csc(NN=Cc2ccccc2F)n1. The predicted molar refractivity (Wildman–Crippen MR) is 80.1 cm³/mol. The lowest BCUT2D eigenvalue weighted by Gasteiger charge is -1.98. The molecular weight excluding hydrogens is 293 g/mol. The van der Waals surface area contributed by atoms with Crippen LogP contribution >= 0.6 is 11.3 Å². The second kappa shape index (κ2) is 7.49. The van der Waals surface area contributed by atoms with Crippen molar-refractivity contribution >= 4 is 28.7 Å². The molecule has 0 aliphatic carbocycles. The van der Waals surface area contributed by atoms with E-state index in [1.165, 1.54) is 23.6 Å². The molecule has 0 bridgehead atoms. The van der Waals surface area contributed by atoms with Crippen LogP contribution in [0, 0.1) is 5.82 Å². The number of benzene rings is 1. The van der Waals surface area contributed by atoms with Crippen molar-refractivity contribution in [3.05, 3.63) is 46.7 Å². The summed E-state index contributed by atoms with van der Waals surface area (Å²) in [4.78, 5) is 15.5. The van der Waals surface area contributed by atoms with Crippen LogP contribution in [0.15, 0.2) is 34.7 Å². The highest BCUT2D eigenvalue weighted by Crippen LogP contribution is 2.16. The zero-order valence-corrected chi connectivity index (χ0v) is 12.2. The number of ether oxygens (including phenoxy) is 1. The van der Waals surface area contributed by atoms with Crippen LogP contribution in [-0.2, 0) is 16.0 Å². The van der Waals surface area contributed by atoms with Crippen LogP contribution in [0.25, 0.3) is 0 Å². The van der Waals surface area contributed by atoms with Gasteiger partial charge in [0.1, 0.15) is 5.82 Å². The van der Waals surface area contributed by atoms with Gasteiger partial charge in [-0.05, 0) is 13.0 Å². The highest BCUT2D eigenvalue weighted by Gasteiger charge is 2.07. The van der Waals surface area contributed by atoms with Crippen LogP contribution in [0.4, 0.5) is 9.52 Å². The third kappa shape index (κ3) is 4.64. The first-order valence-corrected chi connectivity index (χ1v) is 7.20. The molecule has 0 aliphatic heterocycles. The lowest BCUT2D eigenvalue weighted by Crippen LogP contribution is -2.07. The molecule has 0 saturated heterocycles. The van der Waals surface area contributed by atoms with Gasteiger partial charge in [-0.1, -0.05) is 18.2 Å². The Morgan fingerprint density at radius 1 is 1.52 bits per heavy atom. The molecule has 7 heteroatoms. The summed E-state index contributed by atoms with van der Waals surface area (Å²) in [6.45, 7) is 2.10. The molecule has 1 aromatic carbocycles. The Balaban J connectivity index is 1.91. The van der Waals surface area contributed by atoms with Crippen molar-refractivity contribution in [2.75, 3.05) is 12.0 Å². The lowest BCUT2D eigenvalue weighted by atomic mass is 10.2. The maximum Gasteiger partial charge on any atom is 0.311 e. The van der Waals surface area contributed by atoms with Gasteiger partial charge in [-0.15, -0.1) is 11.3 Å². The summed E-state index contributed by atoms with van der Waals surface area (Å²) in [5, 5.41) is 6.20. The molecular formula is C14H14FN3O2S. The number of halogens is 1. The first-order valence-electron chi connectivity index (χ1n) is 6.32. The fraction of sp³-hybridized carbons (Fsp3) is 0.214. The smallest absolute Gasteiger partial charge is 0.311 e. The van der Waals surface area contributed by atoms with Gasteiger partial charge in [0, 0.05) is 10.9 Å². The molecule has 0 amide bonds. The van der Waals surface area contributed by atoms with Crippen molar-refractivity contribution in [2.45, 2.75) is 13.3 Å². The lowest BCUT2D eigenvalue weighted by molar-refractivity contribution is -0.142. The van der Waals surface area contributed by atoms with Crippen molar-refractivity contribution in [3.8, 4) is 0 Å². The van der Waals surface area contributed by atoms with E-state index in [1.807, 2.05) is 0 Å². The molecule has 21 heavy (non-hydrogen) atoms. The third-order valence-electron chi connectivity index (χ3n) is 2.45. The summed E-state index contributed by atoms with van der Waals surface area (Å²) < 4.78 is 18.2. The Morgan fingerprint density at radius 3 is 3.10 bits per heavy atom. The zero-order valence-electron chi connectivity index (χ0n) is 11.4. The summed E-state index contributed by atoms with van der Waals surface area (Å²) in [5.41, 5.74) is 3.70. The fourth-order valence-corrected chi connectivity index (χ4v) is 2.20. The largest absolute Gasteiger partial charge is 0.466 e. The standard InChI is InChI=1S/C14H14FN3O2S/c1-2-20-13(19)7-11-9-21-14(17-11)18-16-8-10-5-3-4-6-12(10)15/h3-6,8-9H,2,7H2,1H3,(H,17,18). The van der Waals surface area contributed by atoms with E-state index >= 15 is 0 Å². The molecule has 1 aromatic heterocycles. The molecule has 0 spiro atoms. The molecule has 1 N–H and O–H groups in total. The van der Waals surface area contributed by atoms with E-state index < -0.39 is 0 Å². The van der Waals surface area contributed by atoms with Crippen LogP contribution in [-0.4, -0.2) is 23.8 Å². The van der Waals surface area contributed by atoms with Crippen LogP contribution in [0.3, 0.4) is 0 Å². The van der Waals surface area contributed by atoms with Gasteiger partial charge in [0.05, 0.1) is 24.9 Å². The van der Waals surface area contributed by atoms with Crippen molar-refractivity contribution in [2.24, 2.45) is 5.10 Å².